The van der Waals surface area contributed by atoms with Gasteiger partial charge in [0, 0.05) is 50.5 Å². The van der Waals surface area contributed by atoms with Crippen molar-refractivity contribution < 1.29 is 9.84 Å². The lowest BCUT2D eigenvalue weighted by Gasteiger charge is -2.27. The van der Waals surface area contributed by atoms with E-state index in [0.717, 1.165) is 44.1 Å². The van der Waals surface area contributed by atoms with Crippen molar-refractivity contribution in [3.05, 3.63) is 53.9 Å². The predicted octanol–water partition coefficient (Wildman–Crippen LogP) is 1.39. The Labute approximate surface area is 160 Å². The molecule has 1 atom stereocenters. The van der Waals surface area contributed by atoms with Crippen molar-refractivity contribution in [3.63, 3.8) is 0 Å². The van der Waals surface area contributed by atoms with Crippen LogP contribution in [0.4, 0.5) is 0 Å². The molecular weight excluding hydrogens is 342 g/mol. The Balaban J connectivity index is 1.48. The van der Waals surface area contributed by atoms with E-state index in [0.29, 0.717) is 13.2 Å². The quantitative estimate of drug-likeness (QED) is 0.482. The van der Waals surface area contributed by atoms with Gasteiger partial charge < -0.3 is 20.5 Å². The van der Waals surface area contributed by atoms with Gasteiger partial charge in [-0.05, 0) is 18.4 Å². The van der Waals surface area contributed by atoms with Crippen LogP contribution in [0.25, 0.3) is 0 Å². The van der Waals surface area contributed by atoms with Gasteiger partial charge in [0.1, 0.15) is 0 Å². The second-order valence-corrected chi connectivity index (χ2v) is 7.09. The van der Waals surface area contributed by atoms with E-state index in [1.165, 1.54) is 5.56 Å². The van der Waals surface area contributed by atoms with Crippen LogP contribution in [-0.2, 0) is 17.8 Å². The minimum Gasteiger partial charge on any atom is -0.396 e. The SMILES string of the molecule is CN=C(NCc1cnn(Cc2ccccc2)c1)NCC1(CCO)CCOC1. The summed E-state index contributed by atoms with van der Waals surface area (Å²) in [7, 11) is 1.76. The summed E-state index contributed by atoms with van der Waals surface area (Å²) in [6.45, 7) is 3.77. The molecule has 0 radical (unpaired) electrons. The number of aliphatic imine (C=N–C) groups is 1. The van der Waals surface area contributed by atoms with E-state index in [-0.39, 0.29) is 12.0 Å². The molecule has 7 nitrogen and oxygen atoms in total. The Kier molecular flexibility index (Phi) is 6.84. The highest BCUT2D eigenvalue weighted by Crippen LogP contribution is 2.31. The van der Waals surface area contributed by atoms with E-state index < -0.39 is 0 Å². The molecule has 1 aromatic heterocycles. The molecule has 27 heavy (non-hydrogen) atoms. The predicted molar refractivity (Wildman–Crippen MR) is 106 cm³/mol. The molecule has 3 rings (SSSR count). The van der Waals surface area contributed by atoms with Gasteiger partial charge >= 0.3 is 0 Å². The molecule has 3 N–H and O–H groups in total. The molecule has 0 saturated carbocycles. The summed E-state index contributed by atoms with van der Waals surface area (Å²) in [5.74, 6) is 0.745. The van der Waals surface area contributed by atoms with Crippen molar-refractivity contribution in [1.29, 1.82) is 0 Å². The molecule has 0 amide bonds. The lowest BCUT2D eigenvalue weighted by Crippen LogP contribution is -2.44. The average Bonchev–Trinajstić information content (AvgIpc) is 3.33. The number of nitrogens with one attached hydrogen (secondary N) is 2. The van der Waals surface area contributed by atoms with Crippen LogP contribution in [0, 0.1) is 5.41 Å². The third-order valence-corrected chi connectivity index (χ3v) is 5.02. The van der Waals surface area contributed by atoms with Crippen molar-refractivity contribution in [3.8, 4) is 0 Å². The maximum absolute atomic E-state index is 9.34. The highest BCUT2D eigenvalue weighted by atomic mass is 16.5. The van der Waals surface area contributed by atoms with Gasteiger partial charge in [-0.15, -0.1) is 0 Å². The molecule has 1 fully saturated rings. The van der Waals surface area contributed by atoms with Crippen molar-refractivity contribution in [2.75, 3.05) is 33.4 Å². The molecule has 0 aliphatic carbocycles. The molecule has 0 spiro atoms. The summed E-state index contributed by atoms with van der Waals surface area (Å²) in [4.78, 5) is 4.29. The summed E-state index contributed by atoms with van der Waals surface area (Å²) in [6.07, 6.45) is 5.62. The van der Waals surface area contributed by atoms with E-state index in [1.807, 2.05) is 35.3 Å². The highest BCUT2D eigenvalue weighted by Gasteiger charge is 2.34. The molecule has 7 heteroatoms. The van der Waals surface area contributed by atoms with Crippen LogP contribution in [-0.4, -0.2) is 54.3 Å². The van der Waals surface area contributed by atoms with E-state index in [2.05, 4.69) is 32.9 Å². The van der Waals surface area contributed by atoms with Crippen LogP contribution >= 0.6 is 0 Å². The maximum Gasteiger partial charge on any atom is 0.191 e. The van der Waals surface area contributed by atoms with Crippen molar-refractivity contribution >= 4 is 5.96 Å². The van der Waals surface area contributed by atoms with Gasteiger partial charge in [-0.2, -0.15) is 5.10 Å². The fourth-order valence-electron chi connectivity index (χ4n) is 3.34. The number of hydrogen-bond acceptors (Lipinski definition) is 4. The Morgan fingerprint density at radius 1 is 1.30 bits per heavy atom. The monoisotopic (exact) mass is 371 g/mol. The van der Waals surface area contributed by atoms with Crippen LogP contribution in [0.3, 0.4) is 0 Å². The number of guanidine groups is 1. The van der Waals surface area contributed by atoms with Gasteiger partial charge in [-0.3, -0.25) is 9.67 Å². The number of aliphatic hydroxyl groups excluding tert-OH is 1. The van der Waals surface area contributed by atoms with Crippen LogP contribution in [0.15, 0.2) is 47.7 Å². The van der Waals surface area contributed by atoms with Crippen LogP contribution in [0.5, 0.6) is 0 Å². The zero-order chi connectivity index (χ0) is 19.0. The number of benzene rings is 1. The van der Waals surface area contributed by atoms with E-state index in [1.54, 1.807) is 7.05 Å². The minimum atomic E-state index is -0.00701. The van der Waals surface area contributed by atoms with E-state index >= 15 is 0 Å². The molecule has 1 aliphatic rings. The summed E-state index contributed by atoms with van der Waals surface area (Å²) in [5, 5.41) is 20.5. The molecule has 2 heterocycles. The molecular formula is C20H29N5O2. The second-order valence-electron chi connectivity index (χ2n) is 7.09. The van der Waals surface area contributed by atoms with Gasteiger partial charge in [-0.1, -0.05) is 30.3 Å². The largest absolute Gasteiger partial charge is 0.396 e. The standard InChI is InChI=1S/C20H29N5O2/c1-21-19(23-15-20(7-9-26)8-10-27-16-20)22-11-18-12-24-25(14-18)13-17-5-3-2-4-6-17/h2-6,12,14,26H,7-11,13,15-16H2,1H3,(H2,21,22,23). The number of aromatic nitrogens is 2. The maximum atomic E-state index is 9.34. The molecule has 1 saturated heterocycles. The number of rotatable bonds is 8. The number of hydrogen-bond donors (Lipinski definition) is 3. The van der Waals surface area contributed by atoms with E-state index in [9.17, 15) is 5.11 Å². The molecule has 1 aromatic carbocycles. The summed E-state index contributed by atoms with van der Waals surface area (Å²) in [6, 6.07) is 10.3. The molecule has 146 valence electrons. The second kappa shape index (κ2) is 9.53. The topological polar surface area (TPSA) is 83.7 Å². The fraction of sp³-hybridized carbons (Fsp3) is 0.500. The summed E-state index contributed by atoms with van der Waals surface area (Å²) >= 11 is 0. The third kappa shape index (κ3) is 5.55. The number of aliphatic hydroxyl groups is 1. The first kappa shape index (κ1) is 19.4. The highest BCUT2D eigenvalue weighted by molar-refractivity contribution is 5.79. The molecule has 0 bridgehead atoms. The Hall–Kier alpha value is -2.38. The Bertz CT molecular complexity index is 723. The Morgan fingerprint density at radius 3 is 2.85 bits per heavy atom. The zero-order valence-corrected chi connectivity index (χ0v) is 15.9. The minimum absolute atomic E-state index is 0.00701. The first-order valence-corrected chi connectivity index (χ1v) is 9.41. The first-order valence-electron chi connectivity index (χ1n) is 9.41. The first-order chi connectivity index (χ1) is 13.2. The van der Waals surface area contributed by atoms with Gasteiger partial charge in [0.2, 0.25) is 0 Å². The third-order valence-electron chi connectivity index (χ3n) is 5.02. The van der Waals surface area contributed by atoms with Crippen molar-refractivity contribution in [1.82, 2.24) is 20.4 Å². The van der Waals surface area contributed by atoms with Gasteiger partial charge in [0.15, 0.2) is 5.96 Å². The van der Waals surface area contributed by atoms with Gasteiger partial charge in [0.25, 0.3) is 0 Å². The van der Waals surface area contributed by atoms with Gasteiger partial charge in [-0.25, -0.2) is 0 Å². The lowest BCUT2D eigenvalue weighted by atomic mass is 9.84. The average molecular weight is 371 g/mol. The van der Waals surface area contributed by atoms with Crippen LogP contribution in [0.1, 0.15) is 24.0 Å². The summed E-state index contributed by atoms with van der Waals surface area (Å²) in [5.41, 5.74) is 2.32. The van der Waals surface area contributed by atoms with E-state index in [4.69, 9.17) is 4.74 Å². The van der Waals surface area contributed by atoms with Crippen molar-refractivity contribution in [2.45, 2.75) is 25.9 Å². The molecule has 1 aliphatic heterocycles. The normalized spacial score (nSPS) is 20.0. The van der Waals surface area contributed by atoms with Gasteiger partial charge in [0.05, 0.1) is 19.3 Å². The van der Waals surface area contributed by atoms with Crippen molar-refractivity contribution in [2.24, 2.45) is 10.4 Å². The van der Waals surface area contributed by atoms with Crippen LogP contribution in [0.2, 0.25) is 0 Å². The van der Waals surface area contributed by atoms with Crippen LogP contribution < -0.4 is 10.6 Å². The fourth-order valence-corrected chi connectivity index (χ4v) is 3.34. The number of nitrogens with zero attached hydrogens (tertiary/aromatic N) is 3. The Morgan fingerprint density at radius 2 is 2.15 bits per heavy atom. The molecule has 1 unspecified atom stereocenters. The summed E-state index contributed by atoms with van der Waals surface area (Å²) < 4.78 is 7.48. The number of ether oxygens (including phenoxy) is 1. The lowest BCUT2D eigenvalue weighted by molar-refractivity contribution is 0.127. The smallest absolute Gasteiger partial charge is 0.191 e. The molecule has 2 aromatic rings. The zero-order valence-electron chi connectivity index (χ0n) is 15.9.